The second-order valence-corrected chi connectivity index (χ2v) is 7.03. The third kappa shape index (κ3) is 2.75. The summed E-state index contributed by atoms with van der Waals surface area (Å²) in [5.41, 5.74) is 1.12. The number of methoxy groups -OCH3 is 1. The molecule has 2 rings (SSSR count). The predicted molar refractivity (Wildman–Crippen MR) is 77.0 cm³/mol. The van der Waals surface area contributed by atoms with Crippen molar-refractivity contribution >= 4 is 16.0 Å². The van der Waals surface area contributed by atoms with Crippen molar-refractivity contribution in [2.45, 2.75) is 37.6 Å². The highest BCUT2D eigenvalue weighted by molar-refractivity contribution is 7.89. The first-order chi connectivity index (χ1) is 9.78. The molecule has 1 atom stereocenters. The number of aliphatic carboxylic acids is 1. The van der Waals surface area contributed by atoms with Gasteiger partial charge in [-0.3, -0.25) is 4.79 Å². The molecule has 0 bridgehead atoms. The molecule has 7 heteroatoms. The lowest BCUT2D eigenvalue weighted by molar-refractivity contribution is -0.140. The monoisotopic (exact) mass is 313 g/mol. The predicted octanol–water partition coefficient (Wildman–Crippen LogP) is 1.55. The topological polar surface area (TPSA) is 83.9 Å². The van der Waals surface area contributed by atoms with Gasteiger partial charge in [0.05, 0.1) is 12.0 Å². The van der Waals surface area contributed by atoms with Crippen LogP contribution in [-0.4, -0.2) is 43.5 Å². The molecule has 1 aliphatic rings. The van der Waals surface area contributed by atoms with Gasteiger partial charge in [0.1, 0.15) is 11.8 Å². The van der Waals surface area contributed by atoms with Gasteiger partial charge in [-0.25, -0.2) is 8.42 Å². The number of sulfonamides is 1. The van der Waals surface area contributed by atoms with E-state index in [4.69, 9.17) is 4.74 Å². The maximum Gasteiger partial charge on any atom is 0.322 e. The van der Waals surface area contributed by atoms with Gasteiger partial charge < -0.3 is 9.84 Å². The fourth-order valence-corrected chi connectivity index (χ4v) is 4.89. The molecule has 6 nitrogen and oxygen atoms in total. The minimum Gasteiger partial charge on any atom is -0.497 e. The number of carboxylic acid groups (broad SMARTS) is 1. The molecule has 21 heavy (non-hydrogen) atoms. The van der Waals surface area contributed by atoms with Crippen molar-refractivity contribution in [3.63, 3.8) is 0 Å². The standard InChI is InChI=1S/C14H19NO5S/c1-9-7-11(20-3)8-10(2)13(9)21(18,19)15-6-4-5-12(15)14(16)17/h7-8,12H,4-6H2,1-3H3,(H,16,17). The summed E-state index contributed by atoms with van der Waals surface area (Å²) in [5, 5.41) is 9.19. The number of nitrogens with zero attached hydrogens (tertiary/aromatic N) is 1. The van der Waals surface area contributed by atoms with Crippen molar-refractivity contribution in [2.75, 3.05) is 13.7 Å². The molecule has 0 amide bonds. The van der Waals surface area contributed by atoms with Gasteiger partial charge in [0, 0.05) is 6.54 Å². The van der Waals surface area contributed by atoms with Crippen molar-refractivity contribution in [3.05, 3.63) is 23.3 Å². The van der Waals surface area contributed by atoms with Gasteiger partial charge in [-0.1, -0.05) is 0 Å². The first-order valence-electron chi connectivity index (χ1n) is 6.69. The van der Waals surface area contributed by atoms with Crippen LogP contribution in [0.3, 0.4) is 0 Å². The lowest BCUT2D eigenvalue weighted by Gasteiger charge is -2.23. The van der Waals surface area contributed by atoms with Crippen LogP contribution in [0.25, 0.3) is 0 Å². The largest absolute Gasteiger partial charge is 0.497 e. The maximum atomic E-state index is 12.8. The number of aryl methyl sites for hydroxylation is 2. The third-order valence-electron chi connectivity index (χ3n) is 3.72. The highest BCUT2D eigenvalue weighted by Gasteiger charge is 2.40. The number of benzene rings is 1. The molecule has 1 aromatic carbocycles. The Bertz CT molecular complexity index is 645. The highest BCUT2D eigenvalue weighted by Crippen LogP contribution is 2.32. The minimum absolute atomic E-state index is 0.177. The summed E-state index contributed by atoms with van der Waals surface area (Å²) < 4.78 is 31.8. The van der Waals surface area contributed by atoms with E-state index in [1.54, 1.807) is 26.0 Å². The van der Waals surface area contributed by atoms with E-state index in [0.717, 1.165) is 4.31 Å². The Labute approximate surface area is 124 Å². The number of carbonyl (C=O) groups is 1. The van der Waals surface area contributed by atoms with Crippen molar-refractivity contribution in [2.24, 2.45) is 0 Å². The van der Waals surface area contributed by atoms with E-state index < -0.39 is 22.0 Å². The van der Waals surface area contributed by atoms with Crippen LogP contribution in [0.1, 0.15) is 24.0 Å². The summed E-state index contributed by atoms with van der Waals surface area (Å²) in [6.07, 6.45) is 0.910. The number of carboxylic acids is 1. The summed E-state index contributed by atoms with van der Waals surface area (Å²) in [6, 6.07) is 2.31. The molecule has 1 saturated heterocycles. The molecule has 0 spiro atoms. The van der Waals surface area contributed by atoms with Crippen molar-refractivity contribution in [1.82, 2.24) is 4.31 Å². The molecular formula is C14H19NO5S. The van der Waals surface area contributed by atoms with Gasteiger partial charge in [-0.05, 0) is 49.9 Å². The smallest absolute Gasteiger partial charge is 0.322 e. The van der Waals surface area contributed by atoms with Gasteiger partial charge in [0.15, 0.2) is 0 Å². The molecule has 1 N–H and O–H groups in total. The minimum atomic E-state index is -3.82. The summed E-state index contributed by atoms with van der Waals surface area (Å²) in [6.45, 7) is 3.62. The Morgan fingerprint density at radius 1 is 1.33 bits per heavy atom. The summed E-state index contributed by atoms with van der Waals surface area (Å²) in [5.74, 6) is -0.514. The van der Waals surface area contributed by atoms with Gasteiger partial charge in [0.25, 0.3) is 0 Å². The van der Waals surface area contributed by atoms with Crippen molar-refractivity contribution in [3.8, 4) is 5.75 Å². The van der Waals surface area contributed by atoms with Crippen LogP contribution in [0.15, 0.2) is 17.0 Å². The first kappa shape index (κ1) is 15.8. The normalized spacial score (nSPS) is 19.7. The molecule has 0 aliphatic carbocycles. The molecule has 1 aliphatic heterocycles. The number of hydrogen-bond donors (Lipinski definition) is 1. The van der Waals surface area contributed by atoms with Crippen LogP contribution in [-0.2, 0) is 14.8 Å². The Morgan fingerprint density at radius 2 is 1.90 bits per heavy atom. The zero-order valence-corrected chi connectivity index (χ0v) is 13.1. The van der Waals surface area contributed by atoms with Crippen LogP contribution in [0.2, 0.25) is 0 Å². The quantitative estimate of drug-likeness (QED) is 0.911. The molecule has 1 fully saturated rings. The second kappa shape index (κ2) is 5.65. The average molecular weight is 313 g/mol. The Balaban J connectivity index is 2.52. The molecule has 0 saturated carbocycles. The fourth-order valence-electron chi connectivity index (χ4n) is 2.83. The zero-order valence-electron chi connectivity index (χ0n) is 12.3. The highest BCUT2D eigenvalue weighted by atomic mass is 32.2. The van der Waals surface area contributed by atoms with Gasteiger partial charge in [0.2, 0.25) is 10.0 Å². The van der Waals surface area contributed by atoms with E-state index in [-0.39, 0.29) is 11.4 Å². The molecule has 0 aromatic heterocycles. The van der Waals surface area contributed by atoms with Crippen LogP contribution in [0.4, 0.5) is 0 Å². The molecule has 0 radical (unpaired) electrons. The Kier molecular flexibility index (Phi) is 4.25. The van der Waals surface area contributed by atoms with Crippen LogP contribution in [0.5, 0.6) is 5.75 Å². The third-order valence-corrected chi connectivity index (χ3v) is 5.94. The van der Waals surface area contributed by atoms with Gasteiger partial charge in [-0.15, -0.1) is 0 Å². The Morgan fingerprint density at radius 3 is 2.38 bits per heavy atom. The first-order valence-corrected chi connectivity index (χ1v) is 8.13. The Hall–Kier alpha value is -1.60. The average Bonchev–Trinajstić information content (AvgIpc) is 2.87. The van der Waals surface area contributed by atoms with Crippen LogP contribution in [0, 0.1) is 13.8 Å². The van der Waals surface area contributed by atoms with E-state index in [1.807, 2.05) is 0 Å². The zero-order chi connectivity index (χ0) is 15.8. The number of ether oxygens (including phenoxy) is 1. The number of rotatable bonds is 4. The number of hydrogen-bond acceptors (Lipinski definition) is 4. The fraction of sp³-hybridized carbons (Fsp3) is 0.500. The molecule has 1 unspecified atom stereocenters. The summed E-state index contributed by atoms with van der Waals surface area (Å²) in [4.78, 5) is 11.4. The molecule has 1 heterocycles. The maximum absolute atomic E-state index is 12.8. The van der Waals surface area contributed by atoms with E-state index in [2.05, 4.69) is 0 Å². The molecule has 1 aromatic rings. The summed E-state index contributed by atoms with van der Waals surface area (Å²) >= 11 is 0. The van der Waals surface area contributed by atoms with Gasteiger partial charge >= 0.3 is 5.97 Å². The lowest BCUT2D eigenvalue weighted by atomic mass is 10.1. The van der Waals surface area contributed by atoms with E-state index in [1.165, 1.54) is 7.11 Å². The summed E-state index contributed by atoms with van der Waals surface area (Å²) in [7, 11) is -2.31. The van der Waals surface area contributed by atoms with Crippen LogP contribution < -0.4 is 4.74 Å². The molecule has 116 valence electrons. The van der Waals surface area contributed by atoms with E-state index >= 15 is 0 Å². The van der Waals surface area contributed by atoms with Gasteiger partial charge in [-0.2, -0.15) is 4.31 Å². The SMILES string of the molecule is COc1cc(C)c(S(=O)(=O)N2CCCC2C(=O)O)c(C)c1. The van der Waals surface area contributed by atoms with Crippen molar-refractivity contribution < 1.29 is 23.1 Å². The lowest BCUT2D eigenvalue weighted by Crippen LogP contribution is -2.40. The molecular weight excluding hydrogens is 294 g/mol. The van der Waals surface area contributed by atoms with E-state index in [9.17, 15) is 18.3 Å². The second-order valence-electron chi connectivity index (χ2n) is 5.20. The van der Waals surface area contributed by atoms with Crippen molar-refractivity contribution in [1.29, 1.82) is 0 Å². The van der Waals surface area contributed by atoms with E-state index in [0.29, 0.717) is 29.7 Å². The van der Waals surface area contributed by atoms with Crippen LogP contribution >= 0.6 is 0 Å².